The Morgan fingerprint density at radius 3 is 2.04 bits per heavy atom. The van der Waals surface area contributed by atoms with Gasteiger partial charge in [-0.1, -0.05) is 17.7 Å². The van der Waals surface area contributed by atoms with Crippen LogP contribution in [0.3, 0.4) is 0 Å². The monoisotopic (exact) mass is 326 g/mol. The smallest absolute Gasteiger partial charge is 0.238 e. The Bertz CT molecular complexity index is 600. The molecule has 0 saturated heterocycles. The first-order valence-electron chi connectivity index (χ1n) is 9.60. The summed E-state index contributed by atoms with van der Waals surface area (Å²) < 4.78 is 0. The van der Waals surface area contributed by atoms with Crippen LogP contribution in [0.1, 0.15) is 48.8 Å². The van der Waals surface area contributed by atoms with Gasteiger partial charge in [-0.2, -0.15) is 0 Å². The number of benzene rings is 1. The van der Waals surface area contributed by atoms with E-state index in [1.165, 1.54) is 37.7 Å². The molecule has 0 heterocycles. The number of anilines is 1. The fraction of sp³-hybridized carbons (Fsp3) is 0.667. The second-order valence-electron chi connectivity index (χ2n) is 8.66. The van der Waals surface area contributed by atoms with Gasteiger partial charge in [-0.25, -0.2) is 0 Å². The molecule has 5 rings (SSSR count). The van der Waals surface area contributed by atoms with Crippen LogP contribution >= 0.6 is 0 Å². The number of hydrogen-bond donors (Lipinski definition) is 2. The van der Waals surface area contributed by atoms with Crippen molar-refractivity contribution in [1.29, 1.82) is 0 Å². The van der Waals surface area contributed by atoms with Crippen molar-refractivity contribution < 1.29 is 4.79 Å². The number of nitrogens with one attached hydrogen (secondary N) is 2. The molecule has 4 aliphatic rings. The zero-order chi connectivity index (χ0) is 16.8. The third-order valence-corrected chi connectivity index (χ3v) is 6.67. The molecule has 3 heteroatoms. The second-order valence-corrected chi connectivity index (χ2v) is 8.66. The molecule has 0 unspecified atom stereocenters. The predicted octanol–water partition coefficient (Wildman–Crippen LogP) is 3.96. The van der Waals surface area contributed by atoms with Crippen LogP contribution in [0.2, 0.25) is 0 Å². The van der Waals surface area contributed by atoms with Crippen LogP contribution < -0.4 is 10.6 Å². The Hall–Kier alpha value is -1.35. The molecule has 4 bridgehead atoms. The molecule has 4 aliphatic carbocycles. The van der Waals surface area contributed by atoms with E-state index in [4.69, 9.17) is 0 Å². The maximum Gasteiger partial charge on any atom is 0.238 e. The summed E-state index contributed by atoms with van der Waals surface area (Å²) >= 11 is 0. The van der Waals surface area contributed by atoms with Crippen LogP contribution in [0.15, 0.2) is 12.1 Å². The first kappa shape index (κ1) is 16.1. The van der Waals surface area contributed by atoms with Crippen LogP contribution in [0.4, 0.5) is 5.69 Å². The number of carbonyl (C=O) groups excluding carboxylic acids is 1. The van der Waals surface area contributed by atoms with Crippen molar-refractivity contribution in [3.63, 3.8) is 0 Å². The summed E-state index contributed by atoms with van der Waals surface area (Å²) in [7, 11) is 0. The maximum absolute atomic E-state index is 12.5. The van der Waals surface area contributed by atoms with Gasteiger partial charge in [-0.15, -0.1) is 0 Å². The molecule has 3 nitrogen and oxygen atoms in total. The van der Waals surface area contributed by atoms with E-state index < -0.39 is 0 Å². The van der Waals surface area contributed by atoms with Crippen molar-refractivity contribution in [2.45, 2.75) is 58.9 Å². The zero-order valence-electron chi connectivity index (χ0n) is 15.2. The van der Waals surface area contributed by atoms with Crippen LogP contribution in [0.25, 0.3) is 0 Å². The minimum absolute atomic E-state index is 0.0962. The van der Waals surface area contributed by atoms with Gasteiger partial charge in [0.15, 0.2) is 0 Å². The quantitative estimate of drug-likeness (QED) is 0.879. The van der Waals surface area contributed by atoms with Gasteiger partial charge in [0.05, 0.1) is 6.54 Å². The lowest BCUT2D eigenvalue weighted by molar-refractivity contribution is -0.116. The number of amides is 1. The van der Waals surface area contributed by atoms with E-state index in [2.05, 4.69) is 43.5 Å². The van der Waals surface area contributed by atoms with E-state index in [0.29, 0.717) is 12.6 Å². The summed E-state index contributed by atoms with van der Waals surface area (Å²) in [4.78, 5) is 12.5. The molecule has 130 valence electrons. The van der Waals surface area contributed by atoms with Crippen LogP contribution in [-0.4, -0.2) is 18.5 Å². The van der Waals surface area contributed by atoms with E-state index in [1.807, 2.05) is 0 Å². The molecule has 1 aromatic rings. The van der Waals surface area contributed by atoms with Gasteiger partial charge in [-0.05, 0) is 87.7 Å². The molecule has 4 saturated carbocycles. The molecule has 0 atom stereocenters. The van der Waals surface area contributed by atoms with Crippen molar-refractivity contribution in [2.24, 2.45) is 23.7 Å². The van der Waals surface area contributed by atoms with E-state index in [9.17, 15) is 4.79 Å². The van der Waals surface area contributed by atoms with E-state index >= 15 is 0 Å². The highest BCUT2D eigenvalue weighted by molar-refractivity contribution is 5.93. The maximum atomic E-state index is 12.5. The van der Waals surface area contributed by atoms with Crippen molar-refractivity contribution in [2.75, 3.05) is 11.9 Å². The Morgan fingerprint density at radius 1 is 0.958 bits per heavy atom. The lowest BCUT2D eigenvalue weighted by Crippen LogP contribution is -2.55. The summed E-state index contributed by atoms with van der Waals surface area (Å²) in [6.07, 6.45) is 7.04. The fourth-order valence-corrected chi connectivity index (χ4v) is 6.03. The van der Waals surface area contributed by atoms with Crippen molar-refractivity contribution in [3.8, 4) is 0 Å². The number of aryl methyl sites for hydroxylation is 3. The minimum Gasteiger partial charge on any atom is -0.324 e. The van der Waals surface area contributed by atoms with Gasteiger partial charge in [0, 0.05) is 11.7 Å². The number of carbonyl (C=O) groups is 1. The summed E-state index contributed by atoms with van der Waals surface area (Å²) in [5.41, 5.74) is 4.53. The molecule has 1 aromatic carbocycles. The van der Waals surface area contributed by atoms with Crippen molar-refractivity contribution in [3.05, 3.63) is 28.8 Å². The first-order valence-corrected chi connectivity index (χ1v) is 9.60. The lowest BCUT2D eigenvalue weighted by Gasteiger charge is -2.54. The zero-order valence-corrected chi connectivity index (χ0v) is 15.2. The summed E-state index contributed by atoms with van der Waals surface area (Å²) in [6, 6.07) is 4.84. The summed E-state index contributed by atoms with van der Waals surface area (Å²) in [5, 5.41) is 6.75. The third kappa shape index (κ3) is 2.99. The van der Waals surface area contributed by atoms with E-state index in [1.54, 1.807) is 0 Å². The van der Waals surface area contributed by atoms with Crippen LogP contribution in [0, 0.1) is 44.4 Å². The molecule has 1 amide bonds. The molecular weight excluding hydrogens is 296 g/mol. The summed E-state index contributed by atoms with van der Waals surface area (Å²) in [5.74, 6) is 3.70. The van der Waals surface area contributed by atoms with E-state index in [0.717, 1.165) is 40.5 Å². The second kappa shape index (κ2) is 6.18. The molecule has 4 fully saturated rings. The molecule has 0 aromatic heterocycles. The number of hydrogen-bond acceptors (Lipinski definition) is 2. The number of rotatable bonds is 4. The third-order valence-electron chi connectivity index (χ3n) is 6.67. The van der Waals surface area contributed by atoms with Gasteiger partial charge in [0.25, 0.3) is 0 Å². The Morgan fingerprint density at radius 2 is 1.50 bits per heavy atom. The van der Waals surface area contributed by atoms with Gasteiger partial charge >= 0.3 is 0 Å². The van der Waals surface area contributed by atoms with Gasteiger partial charge in [0.2, 0.25) is 5.91 Å². The normalized spacial score (nSPS) is 33.7. The Labute approximate surface area is 145 Å². The average molecular weight is 326 g/mol. The van der Waals surface area contributed by atoms with E-state index in [-0.39, 0.29) is 5.91 Å². The van der Waals surface area contributed by atoms with Gasteiger partial charge in [-0.3, -0.25) is 4.79 Å². The Kier molecular flexibility index (Phi) is 4.16. The fourth-order valence-electron chi connectivity index (χ4n) is 6.03. The highest BCUT2D eigenvalue weighted by Gasteiger charge is 2.47. The highest BCUT2D eigenvalue weighted by atomic mass is 16.1. The minimum atomic E-state index is 0.0962. The van der Waals surface area contributed by atoms with Crippen molar-refractivity contribution in [1.82, 2.24) is 5.32 Å². The lowest BCUT2D eigenvalue weighted by atomic mass is 9.54. The molecule has 0 radical (unpaired) electrons. The molecule has 2 N–H and O–H groups in total. The van der Waals surface area contributed by atoms with Gasteiger partial charge in [0.1, 0.15) is 0 Å². The standard InChI is InChI=1S/C21H30N2O/c1-12-4-13(2)20(14(3)5-12)23-19(24)11-22-21-17-7-15-6-16(9-17)10-18(21)8-15/h4-5,15-18,21-22H,6-11H2,1-3H3,(H,23,24). The predicted molar refractivity (Wildman–Crippen MR) is 98.1 cm³/mol. The Balaban J connectivity index is 1.36. The largest absolute Gasteiger partial charge is 0.324 e. The summed E-state index contributed by atoms with van der Waals surface area (Å²) in [6.45, 7) is 6.68. The first-order chi connectivity index (χ1) is 11.5. The van der Waals surface area contributed by atoms with Crippen LogP contribution in [0.5, 0.6) is 0 Å². The molecule has 24 heavy (non-hydrogen) atoms. The highest BCUT2D eigenvalue weighted by Crippen LogP contribution is 2.53. The SMILES string of the molecule is Cc1cc(C)c(NC(=O)CNC2C3CC4CC(C3)CC2C4)c(C)c1. The van der Waals surface area contributed by atoms with Crippen LogP contribution in [-0.2, 0) is 4.79 Å². The topological polar surface area (TPSA) is 41.1 Å². The van der Waals surface area contributed by atoms with Gasteiger partial charge < -0.3 is 10.6 Å². The average Bonchev–Trinajstić information content (AvgIpc) is 2.49. The molecule has 0 aliphatic heterocycles. The van der Waals surface area contributed by atoms with Crippen molar-refractivity contribution >= 4 is 11.6 Å². The molecule has 0 spiro atoms. The molecular formula is C21H30N2O.